The van der Waals surface area contributed by atoms with Crippen molar-refractivity contribution < 1.29 is 22.7 Å². The number of alkyl halides is 3. The number of benzene rings is 1. The fourth-order valence-corrected chi connectivity index (χ4v) is 4.48. The molecule has 1 amide bonds. The number of likely N-dealkylation sites (tertiary alicyclic amines) is 1. The van der Waals surface area contributed by atoms with E-state index in [1.54, 1.807) is 0 Å². The number of carbonyl (C=O) groups excluding carboxylic acids is 1. The number of nitrogens with zero attached hydrogens (tertiary/aromatic N) is 1. The average molecular weight is 396 g/mol. The highest BCUT2D eigenvalue weighted by atomic mass is 19.4. The molecular weight excluding hydrogens is 369 g/mol. The van der Waals surface area contributed by atoms with E-state index in [4.69, 9.17) is 4.74 Å². The van der Waals surface area contributed by atoms with Crippen molar-refractivity contribution in [2.24, 2.45) is 0 Å². The van der Waals surface area contributed by atoms with E-state index in [-0.39, 0.29) is 23.9 Å². The highest BCUT2D eigenvalue weighted by Gasteiger charge is 2.37. The molecule has 2 aliphatic heterocycles. The predicted molar refractivity (Wildman–Crippen MR) is 99.3 cm³/mol. The number of nitrogens with one attached hydrogen (secondary N) is 1. The molecule has 2 saturated heterocycles. The van der Waals surface area contributed by atoms with E-state index in [1.807, 2.05) is 0 Å². The fraction of sp³-hybridized carbons (Fsp3) is 0.667. The van der Waals surface area contributed by atoms with Crippen molar-refractivity contribution in [1.82, 2.24) is 10.2 Å². The lowest BCUT2D eigenvalue weighted by Crippen LogP contribution is -2.57. The maximum absolute atomic E-state index is 13.1. The zero-order valence-corrected chi connectivity index (χ0v) is 15.9. The molecule has 0 radical (unpaired) electrons. The van der Waals surface area contributed by atoms with Gasteiger partial charge in [-0.3, -0.25) is 9.69 Å². The minimum atomic E-state index is -4.39. The lowest BCUT2D eigenvalue weighted by Gasteiger charge is -2.41. The quantitative estimate of drug-likeness (QED) is 0.838. The molecule has 1 aromatic carbocycles. The van der Waals surface area contributed by atoms with Crippen molar-refractivity contribution in [2.45, 2.75) is 62.7 Å². The average Bonchev–Trinajstić information content (AvgIpc) is 3.53. The second-order valence-corrected chi connectivity index (χ2v) is 8.18. The fourth-order valence-electron chi connectivity index (χ4n) is 4.48. The van der Waals surface area contributed by atoms with Crippen molar-refractivity contribution in [1.29, 1.82) is 0 Å². The molecule has 1 N–H and O–H groups in total. The van der Waals surface area contributed by atoms with Gasteiger partial charge in [0.2, 0.25) is 0 Å². The van der Waals surface area contributed by atoms with E-state index in [1.165, 1.54) is 25.3 Å². The van der Waals surface area contributed by atoms with E-state index in [0.717, 1.165) is 44.5 Å². The second kappa shape index (κ2) is 8.03. The molecule has 2 atom stereocenters. The van der Waals surface area contributed by atoms with E-state index in [9.17, 15) is 18.0 Å². The Bertz CT molecular complexity index is 712. The Labute approximate surface area is 163 Å². The van der Waals surface area contributed by atoms with Crippen molar-refractivity contribution >= 4 is 5.91 Å². The minimum Gasteiger partial charge on any atom is -0.379 e. The molecule has 0 unspecified atom stereocenters. The lowest BCUT2D eigenvalue weighted by atomic mass is 9.96. The molecule has 4 nitrogen and oxygen atoms in total. The van der Waals surface area contributed by atoms with Crippen LogP contribution in [0.5, 0.6) is 0 Å². The van der Waals surface area contributed by atoms with Crippen LogP contribution in [-0.2, 0) is 10.9 Å². The Morgan fingerprint density at radius 3 is 2.54 bits per heavy atom. The first-order valence-corrected chi connectivity index (χ1v) is 10.3. The molecular formula is C21H27F3N2O2. The summed E-state index contributed by atoms with van der Waals surface area (Å²) in [5, 5.41) is 3.08. The number of piperidine rings is 1. The third kappa shape index (κ3) is 4.35. The van der Waals surface area contributed by atoms with E-state index in [0.29, 0.717) is 24.3 Å². The molecule has 1 saturated carbocycles. The SMILES string of the molecule is O=C(N[C@H]1COCC[C@H]1N1CCCCC1)c1ccc(C(F)(F)F)cc1C1CC1. The van der Waals surface area contributed by atoms with Gasteiger partial charge in [-0.15, -0.1) is 0 Å². The summed E-state index contributed by atoms with van der Waals surface area (Å²) in [5.74, 6) is -0.225. The monoisotopic (exact) mass is 396 g/mol. The van der Waals surface area contributed by atoms with E-state index < -0.39 is 11.7 Å². The standard InChI is InChI=1S/C21H27F3N2O2/c22-21(23,24)15-6-7-16(17(12-15)14-4-5-14)20(27)25-18-13-28-11-8-19(18)26-9-2-1-3-10-26/h6-7,12,14,18-19H,1-5,8-11,13H2,(H,25,27)/t18-,19+/m0/s1. The maximum atomic E-state index is 13.1. The number of amides is 1. The van der Waals surface area contributed by atoms with Gasteiger partial charge >= 0.3 is 6.18 Å². The number of carbonyl (C=O) groups is 1. The summed E-state index contributed by atoms with van der Waals surface area (Å²) in [6, 6.07) is 3.61. The number of rotatable bonds is 4. The molecule has 7 heteroatoms. The molecule has 0 bridgehead atoms. The van der Waals surface area contributed by atoms with Crippen LogP contribution in [0.4, 0.5) is 13.2 Å². The Balaban J connectivity index is 1.52. The van der Waals surface area contributed by atoms with Gasteiger partial charge in [-0.05, 0) is 74.9 Å². The van der Waals surface area contributed by atoms with Crippen LogP contribution < -0.4 is 5.32 Å². The van der Waals surface area contributed by atoms with Crippen molar-refractivity contribution in [3.05, 3.63) is 34.9 Å². The van der Waals surface area contributed by atoms with Crippen LogP contribution in [0.1, 0.15) is 65.9 Å². The summed E-state index contributed by atoms with van der Waals surface area (Å²) in [5.41, 5.74) is 0.218. The first kappa shape index (κ1) is 19.7. The summed E-state index contributed by atoms with van der Waals surface area (Å²) < 4.78 is 44.9. The highest BCUT2D eigenvalue weighted by Crippen LogP contribution is 2.43. The van der Waals surface area contributed by atoms with E-state index in [2.05, 4.69) is 10.2 Å². The summed E-state index contributed by atoms with van der Waals surface area (Å²) in [7, 11) is 0. The van der Waals surface area contributed by atoms with Gasteiger partial charge in [0.05, 0.1) is 18.2 Å². The number of hydrogen-bond acceptors (Lipinski definition) is 3. The third-order valence-corrected chi connectivity index (χ3v) is 6.14. The summed E-state index contributed by atoms with van der Waals surface area (Å²) in [4.78, 5) is 15.4. The second-order valence-electron chi connectivity index (χ2n) is 8.18. The van der Waals surface area contributed by atoms with Crippen molar-refractivity contribution in [3.63, 3.8) is 0 Å². The predicted octanol–water partition coefficient (Wildman–Crippen LogP) is 3.96. The normalized spacial score (nSPS) is 26.8. The van der Waals surface area contributed by atoms with Crippen LogP contribution in [-0.4, -0.2) is 49.2 Å². The van der Waals surface area contributed by atoms with Gasteiger partial charge in [0.15, 0.2) is 0 Å². The van der Waals surface area contributed by atoms with Crippen molar-refractivity contribution in [3.8, 4) is 0 Å². The molecule has 3 fully saturated rings. The van der Waals surface area contributed by atoms with Crippen LogP contribution >= 0.6 is 0 Å². The van der Waals surface area contributed by atoms with Crippen LogP contribution in [0.15, 0.2) is 18.2 Å². The number of hydrogen-bond donors (Lipinski definition) is 1. The maximum Gasteiger partial charge on any atom is 0.416 e. The smallest absolute Gasteiger partial charge is 0.379 e. The minimum absolute atomic E-state index is 0.0588. The van der Waals surface area contributed by atoms with Crippen LogP contribution in [0, 0.1) is 0 Å². The zero-order valence-electron chi connectivity index (χ0n) is 15.9. The molecule has 28 heavy (non-hydrogen) atoms. The summed E-state index contributed by atoms with van der Waals surface area (Å²) in [6.07, 6.45) is 1.73. The molecule has 0 spiro atoms. The van der Waals surface area contributed by atoms with Crippen LogP contribution in [0.2, 0.25) is 0 Å². The first-order chi connectivity index (χ1) is 13.4. The van der Waals surface area contributed by atoms with Gasteiger partial charge in [0, 0.05) is 18.2 Å². The Morgan fingerprint density at radius 1 is 1.11 bits per heavy atom. The Hall–Kier alpha value is -1.60. The lowest BCUT2D eigenvalue weighted by molar-refractivity contribution is -0.137. The van der Waals surface area contributed by atoms with Gasteiger partial charge in [0.25, 0.3) is 5.91 Å². The number of halogens is 3. The first-order valence-electron chi connectivity index (χ1n) is 10.3. The number of ether oxygens (including phenoxy) is 1. The molecule has 154 valence electrons. The van der Waals surface area contributed by atoms with Crippen LogP contribution in [0.25, 0.3) is 0 Å². The Morgan fingerprint density at radius 2 is 1.86 bits per heavy atom. The van der Waals surface area contributed by atoms with Gasteiger partial charge in [-0.2, -0.15) is 13.2 Å². The van der Waals surface area contributed by atoms with Gasteiger partial charge < -0.3 is 10.1 Å². The molecule has 1 aliphatic carbocycles. The van der Waals surface area contributed by atoms with Gasteiger partial charge in [0.1, 0.15) is 0 Å². The topological polar surface area (TPSA) is 41.6 Å². The summed E-state index contributed by atoms with van der Waals surface area (Å²) in [6.45, 7) is 3.20. The molecule has 3 aliphatic rings. The molecule has 4 rings (SSSR count). The summed E-state index contributed by atoms with van der Waals surface area (Å²) >= 11 is 0. The molecule has 2 heterocycles. The zero-order chi connectivity index (χ0) is 19.7. The van der Waals surface area contributed by atoms with Gasteiger partial charge in [-0.1, -0.05) is 6.42 Å². The molecule has 0 aromatic heterocycles. The Kier molecular flexibility index (Phi) is 5.65. The van der Waals surface area contributed by atoms with Crippen molar-refractivity contribution in [2.75, 3.05) is 26.3 Å². The third-order valence-electron chi connectivity index (χ3n) is 6.14. The highest BCUT2D eigenvalue weighted by molar-refractivity contribution is 5.96. The van der Waals surface area contributed by atoms with Gasteiger partial charge in [-0.25, -0.2) is 0 Å². The molecule has 1 aromatic rings. The van der Waals surface area contributed by atoms with Crippen LogP contribution in [0.3, 0.4) is 0 Å². The van der Waals surface area contributed by atoms with E-state index >= 15 is 0 Å². The largest absolute Gasteiger partial charge is 0.416 e.